The monoisotopic (exact) mass is 197 g/mol. The van der Waals surface area contributed by atoms with Gasteiger partial charge in [-0.25, -0.2) is 4.79 Å². The number of carbonyl (C=O) groups is 1. The van der Waals surface area contributed by atoms with Crippen LogP contribution in [0.1, 0.15) is 23.0 Å². The third kappa shape index (κ3) is 1.93. The van der Waals surface area contributed by atoms with Gasteiger partial charge in [0.2, 0.25) is 5.88 Å². The van der Waals surface area contributed by atoms with E-state index in [1.807, 2.05) is 0 Å². The van der Waals surface area contributed by atoms with E-state index in [1.54, 1.807) is 13.8 Å². The van der Waals surface area contributed by atoms with E-state index in [0.29, 0.717) is 12.3 Å². The zero-order valence-corrected chi connectivity index (χ0v) is 7.96. The van der Waals surface area contributed by atoms with Crippen molar-refractivity contribution in [1.82, 2.24) is 4.98 Å². The minimum absolute atomic E-state index is 0.0185. The number of carboxylic acid groups (broad SMARTS) is 1. The van der Waals surface area contributed by atoms with E-state index in [4.69, 9.17) is 9.84 Å². The smallest absolute Gasteiger partial charge is 0.345 e. The number of pyridine rings is 1. The number of aromatic amines is 1. The van der Waals surface area contributed by atoms with Gasteiger partial charge < -0.3 is 14.8 Å². The molecule has 76 valence electrons. The maximum atomic E-state index is 11.3. The molecule has 0 atom stereocenters. The average Bonchev–Trinajstić information content (AvgIpc) is 2.01. The molecule has 0 unspecified atom stereocenters. The lowest BCUT2D eigenvalue weighted by molar-refractivity contribution is 0.0690. The fourth-order valence-corrected chi connectivity index (χ4v) is 1.11. The summed E-state index contributed by atoms with van der Waals surface area (Å²) in [5, 5.41) is 8.76. The van der Waals surface area contributed by atoms with Gasteiger partial charge >= 0.3 is 5.97 Å². The van der Waals surface area contributed by atoms with Crippen LogP contribution in [0.4, 0.5) is 0 Å². The first-order chi connectivity index (χ1) is 6.56. The molecule has 0 aliphatic carbocycles. The van der Waals surface area contributed by atoms with Crippen molar-refractivity contribution in [2.45, 2.75) is 13.8 Å². The Morgan fingerprint density at radius 3 is 2.79 bits per heavy atom. The van der Waals surface area contributed by atoms with Crippen LogP contribution >= 0.6 is 0 Å². The van der Waals surface area contributed by atoms with Gasteiger partial charge in [-0.05, 0) is 13.8 Å². The van der Waals surface area contributed by atoms with E-state index in [-0.39, 0.29) is 11.4 Å². The largest absolute Gasteiger partial charge is 0.479 e. The molecule has 0 spiro atoms. The van der Waals surface area contributed by atoms with Gasteiger partial charge in [-0.1, -0.05) is 0 Å². The fourth-order valence-electron chi connectivity index (χ4n) is 1.11. The van der Waals surface area contributed by atoms with E-state index in [2.05, 4.69) is 4.98 Å². The van der Waals surface area contributed by atoms with Crippen LogP contribution in [0.2, 0.25) is 0 Å². The Morgan fingerprint density at radius 1 is 1.64 bits per heavy atom. The normalized spacial score (nSPS) is 9.86. The van der Waals surface area contributed by atoms with Crippen LogP contribution in [0.15, 0.2) is 10.9 Å². The first-order valence-corrected chi connectivity index (χ1v) is 4.16. The molecule has 0 fully saturated rings. The van der Waals surface area contributed by atoms with Crippen LogP contribution in [0, 0.1) is 6.92 Å². The SMILES string of the molecule is CCOc1[nH]c(C)cc(=O)c1C(=O)O. The minimum Gasteiger partial charge on any atom is -0.479 e. The number of H-pyrrole nitrogens is 1. The van der Waals surface area contributed by atoms with Crippen molar-refractivity contribution in [3.05, 3.63) is 27.5 Å². The van der Waals surface area contributed by atoms with Gasteiger partial charge in [-0.3, -0.25) is 4.79 Å². The molecule has 0 aliphatic heterocycles. The molecule has 0 radical (unpaired) electrons. The summed E-state index contributed by atoms with van der Waals surface area (Å²) in [5.41, 5.74) is -0.321. The van der Waals surface area contributed by atoms with Crippen LogP contribution in [-0.2, 0) is 0 Å². The highest BCUT2D eigenvalue weighted by Gasteiger charge is 2.16. The number of hydrogen-bond donors (Lipinski definition) is 2. The van der Waals surface area contributed by atoms with Crippen molar-refractivity contribution >= 4 is 5.97 Å². The molecule has 1 aromatic heterocycles. The molecule has 5 nitrogen and oxygen atoms in total. The number of aryl methyl sites for hydroxylation is 1. The van der Waals surface area contributed by atoms with Crippen LogP contribution < -0.4 is 10.2 Å². The number of ether oxygens (including phenoxy) is 1. The van der Waals surface area contributed by atoms with Gasteiger partial charge in [0.25, 0.3) is 0 Å². The predicted molar refractivity (Wildman–Crippen MR) is 49.9 cm³/mol. The standard InChI is InChI=1S/C9H11NO4/c1-3-14-8-7(9(12)13)6(11)4-5(2)10-8/h4H,3H2,1-2H3,(H,10,11)(H,12,13). The molecule has 1 rings (SSSR count). The molecule has 0 bridgehead atoms. The summed E-state index contributed by atoms with van der Waals surface area (Å²) in [6.07, 6.45) is 0. The molecular formula is C9H11NO4. The van der Waals surface area contributed by atoms with E-state index in [9.17, 15) is 9.59 Å². The molecule has 0 amide bonds. The fraction of sp³-hybridized carbons (Fsp3) is 0.333. The molecule has 0 aliphatic rings. The number of carboxylic acids is 1. The zero-order valence-electron chi connectivity index (χ0n) is 7.96. The molecule has 0 aromatic carbocycles. The molecule has 1 heterocycles. The maximum absolute atomic E-state index is 11.3. The van der Waals surface area contributed by atoms with Gasteiger partial charge in [0.05, 0.1) is 6.61 Å². The number of aromatic nitrogens is 1. The van der Waals surface area contributed by atoms with Crippen molar-refractivity contribution < 1.29 is 14.6 Å². The van der Waals surface area contributed by atoms with E-state index in [0.717, 1.165) is 0 Å². The molecule has 2 N–H and O–H groups in total. The molecule has 5 heteroatoms. The van der Waals surface area contributed by atoms with E-state index in [1.165, 1.54) is 6.07 Å². The summed E-state index contributed by atoms with van der Waals surface area (Å²) in [6, 6.07) is 1.23. The minimum atomic E-state index is -1.28. The lowest BCUT2D eigenvalue weighted by Gasteiger charge is -2.06. The highest BCUT2D eigenvalue weighted by Crippen LogP contribution is 2.11. The van der Waals surface area contributed by atoms with E-state index >= 15 is 0 Å². The Bertz CT molecular complexity index is 408. The highest BCUT2D eigenvalue weighted by molar-refractivity contribution is 5.90. The zero-order chi connectivity index (χ0) is 10.7. The maximum Gasteiger partial charge on any atom is 0.345 e. The third-order valence-corrected chi connectivity index (χ3v) is 1.63. The third-order valence-electron chi connectivity index (χ3n) is 1.63. The second kappa shape index (κ2) is 3.95. The van der Waals surface area contributed by atoms with Crippen LogP contribution in [-0.4, -0.2) is 22.7 Å². The lowest BCUT2D eigenvalue weighted by atomic mass is 10.2. The molecule has 1 aromatic rings. The quantitative estimate of drug-likeness (QED) is 0.750. The Kier molecular flexibility index (Phi) is 2.91. The summed E-state index contributed by atoms with van der Waals surface area (Å²) >= 11 is 0. The topological polar surface area (TPSA) is 79.4 Å². The van der Waals surface area contributed by atoms with Crippen molar-refractivity contribution in [3.63, 3.8) is 0 Å². The van der Waals surface area contributed by atoms with Crippen LogP contribution in [0.5, 0.6) is 5.88 Å². The number of hydrogen-bond acceptors (Lipinski definition) is 3. The Morgan fingerprint density at radius 2 is 2.29 bits per heavy atom. The van der Waals surface area contributed by atoms with Crippen molar-refractivity contribution in [2.75, 3.05) is 6.61 Å². The van der Waals surface area contributed by atoms with E-state index < -0.39 is 11.4 Å². The first-order valence-electron chi connectivity index (χ1n) is 4.16. The number of aromatic carboxylic acids is 1. The number of nitrogens with one attached hydrogen (secondary N) is 1. The van der Waals surface area contributed by atoms with Crippen molar-refractivity contribution in [3.8, 4) is 5.88 Å². The Hall–Kier alpha value is -1.78. The van der Waals surface area contributed by atoms with Gasteiger partial charge in [0, 0.05) is 11.8 Å². The summed E-state index contributed by atoms with van der Waals surface area (Å²) in [4.78, 5) is 24.7. The summed E-state index contributed by atoms with van der Waals surface area (Å²) in [6.45, 7) is 3.68. The van der Waals surface area contributed by atoms with Crippen LogP contribution in [0.3, 0.4) is 0 Å². The van der Waals surface area contributed by atoms with Crippen molar-refractivity contribution in [1.29, 1.82) is 0 Å². The van der Waals surface area contributed by atoms with Crippen molar-refractivity contribution in [2.24, 2.45) is 0 Å². The number of rotatable bonds is 3. The Labute approximate surface area is 80.3 Å². The summed E-state index contributed by atoms with van der Waals surface area (Å²) < 4.78 is 5.02. The molecular weight excluding hydrogens is 186 g/mol. The molecule has 0 saturated heterocycles. The van der Waals surface area contributed by atoms with Gasteiger partial charge in [-0.2, -0.15) is 0 Å². The molecule has 0 saturated carbocycles. The summed E-state index contributed by atoms with van der Waals surface area (Å²) in [7, 11) is 0. The van der Waals surface area contributed by atoms with Crippen LogP contribution in [0.25, 0.3) is 0 Å². The van der Waals surface area contributed by atoms with Gasteiger partial charge in [0.15, 0.2) is 11.0 Å². The predicted octanol–water partition coefficient (Wildman–Crippen LogP) is 0.780. The summed E-state index contributed by atoms with van der Waals surface area (Å²) in [5.74, 6) is -1.26. The Balaban J connectivity index is 3.36. The van der Waals surface area contributed by atoms with Gasteiger partial charge in [-0.15, -0.1) is 0 Å². The lowest BCUT2D eigenvalue weighted by Crippen LogP contribution is -2.18. The molecule has 14 heavy (non-hydrogen) atoms. The highest BCUT2D eigenvalue weighted by atomic mass is 16.5. The van der Waals surface area contributed by atoms with Gasteiger partial charge in [0.1, 0.15) is 0 Å². The second-order valence-electron chi connectivity index (χ2n) is 2.76. The first kappa shape index (κ1) is 10.3. The second-order valence-corrected chi connectivity index (χ2v) is 2.76. The average molecular weight is 197 g/mol.